The summed E-state index contributed by atoms with van der Waals surface area (Å²) in [6, 6.07) is 8.04. The maximum Gasteiger partial charge on any atom is 0.166 e. The fraction of sp³-hybridized carbons (Fsp3) is 0.250. The summed E-state index contributed by atoms with van der Waals surface area (Å²) in [5.41, 5.74) is 5.24. The lowest BCUT2D eigenvalue weighted by Gasteiger charge is -2.11. The highest BCUT2D eigenvalue weighted by Gasteiger charge is 2.11. The number of benzene rings is 1. The largest absolute Gasteiger partial charge is 0.496 e. The average Bonchev–Trinajstić information content (AvgIpc) is 2.90. The van der Waals surface area contributed by atoms with Crippen molar-refractivity contribution in [1.82, 2.24) is 15.0 Å². The lowest BCUT2D eigenvalue weighted by molar-refractivity contribution is 0.407. The van der Waals surface area contributed by atoms with Crippen molar-refractivity contribution in [2.45, 2.75) is 24.8 Å². The molecule has 3 rings (SSSR count). The molecule has 0 unspecified atom stereocenters. The first kappa shape index (κ1) is 13.9. The summed E-state index contributed by atoms with van der Waals surface area (Å²) in [6.07, 6.45) is 1.86. The van der Waals surface area contributed by atoms with Gasteiger partial charge in [0.1, 0.15) is 5.75 Å². The van der Waals surface area contributed by atoms with Gasteiger partial charge in [-0.2, -0.15) is 0 Å². The van der Waals surface area contributed by atoms with E-state index in [4.69, 9.17) is 4.74 Å². The van der Waals surface area contributed by atoms with Gasteiger partial charge in [-0.25, -0.2) is 4.98 Å². The number of H-pyrrole nitrogens is 1. The number of aryl methyl sites for hydroxylation is 1. The van der Waals surface area contributed by atoms with E-state index in [1.54, 1.807) is 18.9 Å². The predicted octanol–water partition coefficient (Wildman–Crippen LogP) is 3.88. The minimum absolute atomic E-state index is 0.766. The molecule has 0 saturated carbocycles. The van der Waals surface area contributed by atoms with Crippen molar-refractivity contribution in [3.8, 4) is 5.75 Å². The number of methoxy groups -OCH3 is 1. The summed E-state index contributed by atoms with van der Waals surface area (Å²) < 4.78 is 5.44. The monoisotopic (exact) mass is 299 g/mol. The summed E-state index contributed by atoms with van der Waals surface area (Å²) in [7, 11) is 1.70. The van der Waals surface area contributed by atoms with Crippen LogP contribution in [0.25, 0.3) is 11.0 Å². The zero-order chi connectivity index (χ0) is 14.8. The number of rotatable bonds is 4. The average molecular weight is 299 g/mol. The zero-order valence-electron chi connectivity index (χ0n) is 12.3. The second kappa shape index (κ2) is 5.77. The van der Waals surface area contributed by atoms with Crippen LogP contribution in [0.15, 0.2) is 35.6 Å². The highest BCUT2D eigenvalue weighted by atomic mass is 32.2. The third-order valence-electron chi connectivity index (χ3n) is 3.46. The van der Waals surface area contributed by atoms with Gasteiger partial charge in [0.05, 0.1) is 23.8 Å². The van der Waals surface area contributed by atoms with E-state index in [1.165, 1.54) is 0 Å². The number of imidazole rings is 1. The Morgan fingerprint density at radius 3 is 2.81 bits per heavy atom. The van der Waals surface area contributed by atoms with Crippen molar-refractivity contribution in [1.29, 1.82) is 0 Å². The first-order valence-corrected chi connectivity index (χ1v) is 7.74. The molecule has 2 aromatic heterocycles. The van der Waals surface area contributed by atoms with Gasteiger partial charge < -0.3 is 9.72 Å². The van der Waals surface area contributed by atoms with Crippen LogP contribution in [-0.4, -0.2) is 22.1 Å². The fourth-order valence-electron chi connectivity index (χ4n) is 2.35. The number of fused-ring (bicyclic) bond motifs is 1. The molecule has 0 aliphatic rings. The topological polar surface area (TPSA) is 50.8 Å². The quantitative estimate of drug-likeness (QED) is 0.743. The molecule has 3 aromatic rings. The van der Waals surface area contributed by atoms with Gasteiger partial charge in [0.25, 0.3) is 0 Å². The Labute approximate surface area is 128 Å². The van der Waals surface area contributed by atoms with Crippen molar-refractivity contribution in [2.75, 3.05) is 7.11 Å². The molecule has 0 spiro atoms. The number of para-hydroxylation sites is 2. The van der Waals surface area contributed by atoms with Gasteiger partial charge in [0.15, 0.2) is 5.16 Å². The van der Waals surface area contributed by atoms with Crippen molar-refractivity contribution in [2.24, 2.45) is 0 Å². The first-order chi connectivity index (χ1) is 10.2. The van der Waals surface area contributed by atoms with Crippen LogP contribution in [0.1, 0.15) is 16.8 Å². The van der Waals surface area contributed by atoms with Gasteiger partial charge in [0, 0.05) is 23.1 Å². The van der Waals surface area contributed by atoms with Crippen molar-refractivity contribution in [3.05, 3.63) is 47.3 Å². The molecular formula is C16H17N3OS. The highest BCUT2D eigenvalue weighted by Crippen LogP contribution is 2.28. The van der Waals surface area contributed by atoms with Crippen molar-refractivity contribution >= 4 is 22.8 Å². The standard InChI is InChI=1S/C16H17N3OS/c1-10-8-17-14(11(2)15(10)20-3)9-21-16-18-12-6-4-5-7-13(12)19-16/h4-8H,9H2,1-3H3,(H,18,19). The van der Waals surface area contributed by atoms with E-state index in [0.29, 0.717) is 0 Å². The van der Waals surface area contributed by atoms with Gasteiger partial charge in [-0.05, 0) is 26.0 Å². The van der Waals surface area contributed by atoms with Gasteiger partial charge >= 0.3 is 0 Å². The van der Waals surface area contributed by atoms with Crippen LogP contribution in [0.3, 0.4) is 0 Å². The fourth-order valence-corrected chi connectivity index (χ4v) is 3.26. The number of pyridine rings is 1. The third-order valence-corrected chi connectivity index (χ3v) is 4.35. The van der Waals surface area contributed by atoms with Gasteiger partial charge in [0.2, 0.25) is 0 Å². The van der Waals surface area contributed by atoms with Crippen LogP contribution in [0.5, 0.6) is 5.75 Å². The van der Waals surface area contributed by atoms with E-state index in [0.717, 1.165) is 44.5 Å². The first-order valence-electron chi connectivity index (χ1n) is 6.75. The minimum Gasteiger partial charge on any atom is -0.496 e. The SMILES string of the molecule is COc1c(C)cnc(CSc2nc3ccccc3[nH]2)c1C. The molecule has 0 aliphatic carbocycles. The number of hydrogen-bond donors (Lipinski definition) is 1. The minimum atomic E-state index is 0.766. The molecule has 0 atom stereocenters. The molecule has 108 valence electrons. The maximum atomic E-state index is 5.44. The molecule has 0 amide bonds. The molecule has 4 nitrogen and oxygen atoms in total. The molecule has 0 saturated heterocycles. The number of aromatic nitrogens is 3. The van der Waals surface area contributed by atoms with Crippen molar-refractivity contribution < 1.29 is 4.74 Å². The van der Waals surface area contributed by atoms with E-state index in [9.17, 15) is 0 Å². The van der Waals surface area contributed by atoms with Crippen LogP contribution >= 0.6 is 11.8 Å². The van der Waals surface area contributed by atoms with E-state index in [1.807, 2.05) is 44.3 Å². The third kappa shape index (κ3) is 2.74. The summed E-state index contributed by atoms with van der Waals surface area (Å²) >= 11 is 1.65. The van der Waals surface area contributed by atoms with Crippen molar-refractivity contribution in [3.63, 3.8) is 0 Å². The second-order valence-corrected chi connectivity index (χ2v) is 5.86. The predicted molar refractivity (Wildman–Crippen MR) is 85.9 cm³/mol. The van der Waals surface area contributed by atoms with E-state index < -0.39 is 0 Å². The smallest absolute Gasteiger partial charge is 0.166 e. The van der Waals surface area contributed by atoms with Crippen LogP contribution < -0.4 is 4.74 Å². The molecule has 2 heterocycles. The Kier molecular flexibility index (Phi) is 3.84. The molecule has 1 N–H and O–H groups in total. The Morgan fingerprint density at radius 1 is 1.24 bits per heavy atom. The Bertz CT molecular complexity index is 749. The molecule has 0 bridgehead atoms. The number of nitrogens with zero attached hydrogens (tertiary/aromatic N) is 2. The number of hydrogen-bond acceptors (Lipinski definition) is 4. The molecule has 21 heavy (non-hydrogen) atoms. The van der Waals surface area contributed by atoms with Crippen LogP contribution in [0.4, 0.5) is 0 Å². The van der Waals surface area contributed by atoms with Gasteiger partial charge in [-0.3, -0.25) is 4.98 Å². The van der Waals surface area contributed by atoms with Crippen LogP contribution in [0.2, 0.25) is 0 Å². The zero-order valence-corrected chi connectivity index (χ0v) is 13.1. The molecule has 0 radical (unpaired) electrons. The van der Waals surface area contributed by atoms with E-state index in [-0.39, 0.29) is 0 Å². The summed E-state index contributed by atoms with van der Waals surface area (Å²) in [6.45, 7) is 4.06. The number of ether oxygens (including phenoxy) is 1. The Balaban J connectivity index is 1.81. The molecular weight excluding hydrogens is 282 g/mol. The van der Waals surface area contributed by atoms with Gasteiger partial charge in [-0.1, -0.05) is 23.9 Å². The number of aromatic amines is 1. The van der Waals surface area contributed by atoms with Crippen LogP contribution in [-0.2, 0) is 5.75 Å². The van der Waals surface area contributed by atoms with E-state index >= 15 is 0 Å². The summed E-state index contributed by atoms with van der Waals surface area (Å²) in [4.78, 5) is 12.4. The number of nitrogens with one attached hydrogen (secondary N) is 1. The maximum absolute atomic E-state index is 5.44. The van der Waals surface area contributed by atoms with E-state index in [2.05, 4.69) is 15.0 Å². The highest BCUT2D eigenvalue weighted by molar-refractivity contribution is 7.98. The summed E-state index contributed by atoms with van der Waals surface area (Å²) in [5, 5.41) is 0.914. The van der Waals surface area contributed by atoms with Gasteiger partial charge in [-0.15, -0.1) is 0 Å². The molecule has 1 aromatic carbocycles. The molecule has 5 heteroatoms. The normalized spacial score (nSPS) is 11.0. The number of thioether (sulfide) groups is 1. The lowest BCUT2D eigenvalue weighted by atomic mass is 10.1. The Hall–Kier alpha value is -2.01. The second-order valence-electron chi connectivity index (χ2n) is 4.89. The molecule has 0 fully saturated rings. The Morgan fingerprint density at radius 2 is 2.05 bits per heavy atom. The van der Waals surface area contributed by atoms with Crippen LogP contribution in [0, 0.1) is 13.8 Å². The molecule has 0 aliphatic heterocycles. The summed E-state index contributed by atoms with van der Waals surface area (Å²) in [5.74, 6) is 1.69. The lowest BCUT2D eigenvalue weighted by Crippen LogP contribution is -1.98.